The third kappa shape index (κ3) is 1.05. The Morgan fingerprint density at radius 1 is 1.70 bits per heavy atom. The molecular weight excluding hydrogens is 132 g/mol. The van der Waals surface area contributed by atoms with Gasteiger partial charge in [0, 0.05) is 6.42 Å². The van der Waals surface area contributed by atoms with Crippen molar-refractivity contribution in [2.45, 2.75) is 0 Å². The predicted molar refractivity (Wildman–Crippen MR) is 36.2 cm³/mol. The summed E-state index contributed by atoms with van der Waals surface area (Å²) in [6.45, 7) is 0. The molecule has 0 fully saturated rings. The zero-order valence-electron chi connectivity index (χ0n) is 5.07. The van der Waals surface area contributed by atoms with E-state index in [1.165, 1.54) is 18.6 Å². The second-order valence-electron chi connectivity index (χ2n) is 1.77. The maximum Gasteiger partial charge on any atom is 0.395 e. The van der Waals surface area contributed by atoms with Crippen LogP contribution in [-0.4, -0.2) is 10.6 Å². The van der Waals surface area contributed by atoms with Crippen LogP contribution in [0.25, 0.3) is 0 Å². The van der Waals surface area contributed by atoms with Crippen molar-refractivity contribution in [3.8, 4) is 0 Å². The van der Waals surface area contributed by atoms with E-state index >= 15 is 0 Å². The number of nitro groups is 1. The molecule has 0 aromatic heterocycles. The Hall–Kier alpha value is -1.58. The fourth-order valence-corrected chi connectivity index (χ4v) is 0.633. The molecule has 0 bridgehead atoms. The van der Waals surface area contributed by atoms with Gasteiger partial charge in [-0.05, 0) is 0 Å². The average molecular weight is 137 g/mol. The summed E-state index contributed by atoms with van der Waals surface area (Å²) in [5.74, 6) is 0. The highest BCUT2D eigenvalue weighted by Gasteiger charge is 2.25. The summed E-state index contributed by atoms with van der Waals surface area (Å²) in [5.41, 5.74) is -0.199. The fraction of sp³-hybridized carbons (Fsp3) is 0. The zero-order chi connectivity index (χ0) is 7.56. The van der Waals surface area contributed by atoms with E-state index in [-0.39, 0.29) is 11.4 Å². The first kappa shape index (κ1) is 6.54. The Morgan fingerprint density at radius 3 is 2.80 bits per heavy atom. The molecule has 0 unspecified atom stereocenters. The molecule has 0 aromatic carbocycles. The minimum Gasteiger partial charge on any atom is -0.269 e. The molecule has 1 rings (SSSR count). The monoisotopic (exact) mass is 137 g/mol. The van der Waals surface area contributed by atoms with Crippen LogP contribution < -0.4 is 0 Å². The lowest BCUT2D eigenvalue weighted by Gasteiger charge is -1.89. The summed E-state index contributed by atoms with van der Waals surface area (Å²) in [5, 5.41) is 17.2. The molecule has 10 heavy (non-hydrogen) atoms. The summed E-state index contributed by atoms with van der Waals surface area (Å²) in [4.78, 5) is 9.54. The van der Waals surface area contributed by atoms with Crippen LogP contribution in [0.1, 0.15) is 0 Å². The molecule has 0 amide bonds. The van der Waals surface area contributed by atoms with Crippen LogP contribution in [0.5, 0.6) is 0 Å². The lowest BCUT2D eigenvalue weighted by Crippen LogP contribution is -2.10. The largest absolute Gasteiger partial charge is 0.395 e. The van der Waals surface area contributed by atoms with Gasteiger partial charge in [-0.25, -0.2) is 10.1 Å². The summed E-state index contributed by atoms with van der Waals surface area (Å²) in [7, 11) is 0. The van der Waals surface area contributed by atoms with Gasteiger partial charge in [0.25, 0.3) is 0 Å². The van der Waals surface area contributed by atoms with E-state index in [4.69, 9.17) is 5.41 Å². The van der Waals surface area contributed by atoms with Crippen molar-refractivity contribution < 1.29 is 4.92 Å². The lowest BCUT2D eigenvalue weighted by atomic mass is 10.1. The highest BCUT2D eigenvalue weighted by Crippen LogP contribution is 2.06. The van der Waals surface area contributed by atoms with E-state index in [0.717, 1.165) is 0 Å². The van der Waals surface area contributed by atoms with Crippen molar-refractivity contribution in [1.29, 1.82) is 5.41 Å². The molecule has 0 saturated heterocycles. The zero-order valence-corrected chi connectivity index (χ0v) is 5.07. The van der Waals surface area contributed by atoms with E-state index in [1.54, 1.807) is 6.08 Å². The Kier molecular flexibility index (Phi) is 1.53. The van der Waals surface area contributed by atoms with E-state index in [9.17, 15) is 10.1 Å². The van der Waals surface area contributed by atoms with Crippen LogP contribution in [0.4, 0.5) is 0 Å². The smallest absolute Gasteiger partial charge is 0.269 e. The first-order valence-electron chi connectivity index (χ1n) is 2.67. The maximum atomic E-state index is 10.1. The lowest BCUT2D eigenvalue weighted by molar-refractivity contribution is -0.415. The minimum absolute atomic E-state index is 0.0486. The molecule has 0 atom stereocenters. The van der Waals surface area contributed by atoms with Crippen molar-refractivity contribution in [3.63, 3.8) is 0 Å². The molecule has 4 heteroatoms. The molecule has 0 radical (unpaired) electrons. The summed E-state index contributed by atoms with van der Waals surface area (Å²) < 4.78 is 0. The molecule has 0 heterocycles. The summed E-state index contributed by atoms with van der Waals surface area (Å²) in [6.07, 6.45) is 5.83. The van der Waals surface area contributed by atoms with Gasteiger partial charge in [-0.1, -0.05) is 0 Å². The van der Waals surface area contributed by atoms with Gasteiger partial charge in [0.15, 0.2) is 0 Å². The Labute approximate surface area is 57.5 Å². The van der Waals surface area contributed by atoms with Crippen molar-refractivity contribution in [2.24, 2.45) is 0 Å². The van der Waals surface area contributed by atoms with E-state index in [0.29, 0.717) is 0 Å². The molecule has 1 N–H and O–H groups in total. The third-order valence-electron chi connectivity index (χ3n) is 1.10. The van der Waals surface area contributed by atoms with Crippen molar-refractivity contribution in [2.75, 3.05) is 0 Å². The topological polar surface area (TPSA) is 67.0 Å². The van der Waals surface area contributed by atoms with Gasteiger partial charge < -0.3 is 0 Å². The number of allylic oxidation sites excluding steroid dienone is 3. The average Bonchev–Trinajstić information content (AvgIpc) is 1.88. The van der Waals surface area contributed by atoms with Gasteiger partial charge in [0.1, 0.15) is 11.0 Å². The molecular formula is C6H5N2O2+. The first-order chi connectivity index (χ1) is 4.72. The second-order valence-corrected chi connectivity index (χ2v) is 1.77. The number of hydrogen-bond donors (Lipinski definition) is 1. The summed E-state index contributed by atoms with van der Waals surface area (Å²) >= 11 is 0. The van der Waals surface area contributed by atoms with Crippen LogP contribution in [0, 0.1) is 21.9 Å². The van der Waals surface area contributed by atoms with E-state index in [2.05, 4.69) is 0 Å². The third-order valence-corrected chi connectivity index (χ3v) is 1.10. The molecule has 0 spiro atoms. The van der Waals surface area contributed by atoms with Crippen LogP contribution in [0.15, 0.2) is 23.9 Å². The molecule has 0 aliphatic heterocycles. The Balaban J connectivity index is 2.86. The number of nitrogens with one attached hydrogen (secondary N) is 1. The minimum atomic E-state index is -0.567. The van der Waals surface area contributed by atoms with Gasteiger partial charge >= 0.3 is 5.70 Å². The highest BCUT2D eigenvalue weighted by molar-refractivity contribution is 6.05. The fourth-order valence-electron chi connectivity index (χ4n) is 0.633. The van der Waals surface area contributed by atoms with Crippen molar-refractivity contribution in [3.05, 3.63) is 40.5 Å². The molecule has 1 aliphatic carbocycles. The molecule has 0 saturated carbocycles. The predicted octanol–water partition coefficient (Wildman–Crippen LogP) is 0.941. The number of nitrogens with zero attached hydrogens (tertiary/aromatic N) is 1. The van der Waals surface area contributed by atoms with Crippen LogP contribution in [0.2, 0.25) is 0 Å². The van der Waals surface area contributed by atoms with Crippen LogP contribution in [-0.2, 0) is 0 Å². The van der Waals surface area contributed by atoms with Crippen LogP contribution >= 0.6 is 0 Å². The SMILES string of the molecule is N=C1C=C[CH+]C=C1[N+](=O)[O-]. The maximum absolute atomic E-state index is 10.1. The molecule has 0 aromatic rings. The number of hydrogen-bond acceptors (Lipinski definition) is 3. The quantitative estimate of drug-likeness (QED) is 0.332. The van der Waals surface area contributed by atoms with Gasteiger partial charge in [0.05, 0.1) is 12.2 Å². The van der Waals surface area contributed by atoms with E-state index in [1.807, 2.05) is 0 Å². The van der Waals surface area contributed by atoms with Gasteiger partial charge in [0.2, 0.25) is 5.71 Å². The van der Waals surface area contributed by atoms with Crippen LogP contribution in [0.3, 0.4) is 0 Å². The number of rotatable bonds is 1. The second kappa shape index (κ2) is 2.34. The normalized spacial score (nSPS) is 16.0. The van der Waals surface area contributed by atoms with Gasteiger partial charge in [-0.3, -0.25) is 5.41 Å². The molecule has 50 valence electrons. The molecule has 1 aliphatic rings. The summed E-state index contributed by atoms with van der Waals surface area (Å²) in [6, 6.07) is 0. The van der Waals surface area contributed by atoms with Gasteiger partial charge in [-0.2, -0.15) is 0 Å². The van der Waals surface area contributed by atoms with Crippen molar-refractivity contribution >= 4 is 5.71 Å². The van der Waals surface area contributed by atoms with Gasteiger partial charge in [-0.15, -0.1) is 0 Å². The molecule has 4 nitrogen and oxygen atoms in total. The first-order valence-corrected chi connectivity index (χ1v) is 2.67. The van der Waals surface area contributed by atoms with E-state index < -0.39 is 4.92 Å². The van der Waals surface area contributed by atoms with Crippen molar-refractivity contribution in [1.82, 2.24) is 0 Å². The standard InChI is InChI=1S/C6H5N2O2/c7-5-3-1-2-4-6(5)8(9)10/h1-4,7H/q+1. The Bertz CT molecular complexity index is 240. The highest BCUT2D eigenvalue weighted by atomic mass is 16.6. The Morgan fingerprint density at radius 2 is 2.40 bits per heavy atom.